The van der Waals surface area contributed by atoms with Gasteiger partial charge in [0.1, 0.15) is 12.4 Å². The zero-order chi connectivity index (χ0) is 20.8. The summed E-state index contributed by atoms with van der Waals surface area (Å²) in [5.41, 5.74) is 0. The number of nitrogens with one attached hydrogen (secondary N) is 2. The molecule has 1 atom stereocenters. The van der Waals surface area contributed by atoms with Crippen molar-refractivity contribution in [2.45, 2.75) is 84.8 Å². The maximum absolute atomic E-state index is 4.88. The molecule has 1 aliphatic carbocycles. The first-order chi connectivity index (χ1) is 14.0. The van der Waals surface area contributed by atoms with Crippen molar-refractivity contribution < 1.29 is 0 Å². The van der Waals surface area contributed by atoms with Gasteiger partial charge in [0.2, 0.25) is 0 Å². The number of likely N-dealkylation sites (N-methyl/N-ethyl adjacent to an activating group) is 1. The van der Waals surface area contributed by atoms with E-state index in [1.807, 2.05) is 18.5 Å². The van der Waals surface area contributed by atoms with E-state index >= 15 is 0 Å². The number of aromatic nitrogens is 3. The van der Waals surface area contributed by atoms with Gasteiger partial charge >= 0.3 is 0 Å². The first-order valence-corrected chi connectivity index (χ1v) is 11.6. The number of hydrogen-bond donors (Lipinski definition) is 2. The Labute approximate surface area is 199 Å². The molecule has 0 amide bonds. The zero-order valence-corrected chi connectivity index (χ0v) is 21.9. The lowest BCUT2D eigenvalue weighted by atomic mass is 9.80. The summed E-state index contributed by atoms with van der Waals surface area (Å²) in [6.45, 7) is 12.8. The van der Waals surface area contributed by atoms with E-state index in [-0.39, 0.29) is 24.0 Å². The quantitative estimate of drug-likeness (QED) is 0.321. The summed E-state index contributed by atoms with van der Waals surface area (Å²) in [7, 11) is 2.01. The molecule has 172 valence electrons. The van der Waals surface area contributed by atoms with Crippen molar-refractivity contribution in [2.75, 3.05) is 19.6 Å². The van der Waals surface area contributed by atoms with Gasteiger partial charge in [0.15, 0.2) is 11.8 Å². The molecule has 30 heavy (non-hydrogen) atoms. The summed E-state index contributed by atoms with van der Waals surface area (Å²) in [6.07, 6.45) is 7.68. The van der Waals surface area contributed by atoms with Crippen molar-refractivity contribution in [3.8, 4) is 0 Å². The monoisotopic (exact) mass is 531 g/mol. The molecule has 2 N–H and O–H groups in total. The highest BCUT2D eigenvalue weighted by Crippen LogP contribution is 2.29. The highest BCUT2D eigenvalue weighted by molar-refractivity contribution is 14.0. The van der Waals surface area contributed by atoms with Crippen molar-refractivity contribution in [2.24, 2.45) is 23.9 Å². The number of hydrogen-bond acceptors (Lipinski definition) is 4. The third kappa shape index (κ3) is 6.80. The Morgan fingerprint density at radius 2 is 1.90 bits per heavy atom. The molecule has 8 heteroatoms. The Morgan fingerprint density at radius 3 is 2.50 bits per heavy atom. The summed E-state index contributed by atoms with van der Waals surface area (Å²) >= 11 is 0. The minimum atomic E-state index is 0. The Kier molecular flexibility index (Phi) is 10.3. The maximum atomic E-state index is 4.88. The fourth-order valence-corrected chi connectivity index (χ4v) is 4.77. The Balaban J connectivity index is 0.00000320. The van der Waals surface area contributed by atoms with Crippen molar-refractivity contribution in [1.29, 1.82) is 0 Å². The SMILES string of the molecule is CCN1CCCC1CNC(=NCc1nnc(C)n1C)NC1CCC(C(C)C)CC1.I. The lowest BCUT2D eigenvalue weighted by Gasteiger charge is -2.32. The van der Waals surface area contributed by atoms with Crippen molar-refractivity contribution in [1.82, 2.24) is 30.3 Å². The number of rotatable bonds is 7. The molecule has 2 fully saturated rings. The summed E-state index contributed by atoms with van der Waals surface area (Å²) in [5, 5.41) is 15.8. The molecule has 0 spiro atoms. The van der Waals surface area contributed by atoms with Crippen molar-refractivity contribution in [3.05, 3.63) is 11.6 Å². The predicted octanol–water partition coefficient (Wildman–Crippen LogP) is 3.48. The van der Waals surface area contributed by atoms with E-state index in [1.165, 1.54) is 45.1 Å². The van der Waals surface area contributed by atoms with Gasteiger partial charge in [-0.25, -0.2) is 4.99 Å². The van der Waals surface area contributed by atoms with Crippen LogP contribution in [0.4, 0.5) is 0 Å². The van der Waals surface area contributed by atoms with Gasteiger partial charge in [0.25, 0.3) is 0 Å². The second-order valence-corrected chi connectivity index (χ2v) is 9.19. The number of halogens is 1. The van der Waals surface area contributed by atoms with Crippen LogP contribution in [-0.4, -0.2) is 57.3 Å². The molecular weight excluding hydrogens is 489 g/mol. The van der Waals surface area contributed by atoms with Gasteiger partial charge in [-0.05, 0) is 70.4 Å². The average molecular weight is 532 g/mol. The summed E-state index contributed by atoms with van der Waals surface area (Å²) in [6, 6.07) is 1.13. The highest BCUT2D eigenvalue weighted by Gasteiger charge is 2.25. The maximum Gasteiger partial charge on any atom is 0.191 e. The number of likely N-dealkylation sites (tertiary alicyclic amines) is 1. The van der Waals surface area contributed by atoms with Crippen LogP contribution in [-0.2, 0) is 13.6 Å². The molecule has 1 saturated carbocycles. The van der Waals surface area contributed by atoms with Crippen LogP contribution < -0.4 is 10.6 Å². The fourth-order valence-electron chi connectivity index (χ4n) is 4.77. The molecule has 0 bridgehead atoms. The van der Waals surface area contributed by atoms with Crippen LogP contribution >= 0.6 is 24.0 Å². The van der Waals surface area contributed by atoms with E-state index in [1.54, 1.807) is 0 Å². The zero-order valence-electron chi connectivity index (χ0n) is 19.5. The van der Waals surface area contributed by atoms with Crippen LogP contribution in [0.3, 0.4) is 0 Å². The molecule has 0 aromatic carbocycles. The minimum absolute atomic E-state index is 0. The summed E-state index contributed by atoms with van der Waals surface area (Å²) < 4.78 is 2.02. The second-order valence-electron chi connectivity index (χ2n) is 9.19. The molecule has 1 aromatic rings. The van der Waals surface area contributed by atoms with Gasteiger partial charge in [-0.1, -0.05) is 20.8 Å². The third-order valence-corrected chi connectivity index (χ3v) is 7.03. The lowest BCUT2D eigenvalue weighted by Crippen LogP contribution is -2.48. The van der Waals surface area contributed by atoms with E-state index in [4.69, 9.17) is 4.99 Å². The summed E-state index contributed by atoms with van der Waals surface area (Å²) in [5.74, 6) is 4.43. The standard InChI is InChI=1S/C22H41N7.HI/c1-6-29-13-7-8-20(29)14-23-22(24-15-21-27-26-17(4)28(21)5)25-19-11-9-18(10-12-19)16(2)3;/h16,18-20H,6-15H2,1-5H3,(H2,23,24,25);1H. The average Bonchev–Trinajstić information content (AvgIpc) is 3.31. The van der Waals surface area contributed by atoms with E-state index in [0.29, 0.717) is 18.6 Å². The molecule has 1 unspecified atom stereocenters. The Morgan fingerprint density at radius 1 is 1.17 bits per heavy atom. The molecule has 3 rings (SSSR count). The first kappa shape index (κ1) is 25.4. The molecule has 0 radical (unpaired) electrons. The normalized spacial score (nSPS) is 25.4. The predicted molar refractivity (Wildman–Crippen MR) is 134 cm³/mol. The molecule has 1 saturated heterocycles. The van der Waals surface area contributed by atoms with Crippen LogP contribution in [0.1, 0.15) is 70.9 Å². The van der Waals surface area contributed by atoms with Crippen molar-refractivity contribution >= 4 is 29.9 Å². The van der Waals surface area contributed by atoms with Crippen LogP contribution in [0.5, 0.6) is 0 Å². The molecule has 1 aromatic heterocycles. The minimum Gasteiger partial charge on any atom is -0.355 e. The molecule has 2 heterocycles. The van der Waals surface area contributed by atoms with Crippen LogP contribution in [0.15, 0.2) is 4.99 Å². The largest absolute Gasteiger partial charge is 0.355 e. The number of nitrogens with zero attached hydrogens (tertiary/aromatic N) is 5. The van der Waals surface area contributed by atoms with E-state index in [2.05, 4.69) is 46.5 Å². The Hall–Kier alpha value is -0.900. The van der Waals surface area contributed by atoms with E-state index in [0.717, 1.165) is 42.5 Å². The Bertz CT molecular complexity index is 664. The number of aryl methyl sites for hydroxylation is 1. The van der Waals surface area contributed by atoms with Crippen LogP contribution in [0.2, 0.25) is 0 Å². The third-order valence-electron chi connectivity index (χ3n) is 7.03. The fraction of sp³-hybridized carbons (Fsp3) is 0.864. The second kappa shape index (κ2) is 12.2. The summed E-state index contributed by atoms with van der Waals surface area (Å²) in [4.78, 5) is 7.45. The lowest BCUT2D eigenvalue weighted by molar-refractivity contribution is 0.248. The highest BCUT2D eigenvalue weighted by atomic mass is 127. The molecular formula is C22H42IN7. The smallest absolute Gasteiger partial charge is 0.191 e. The van der Waals surface area contributed by atoms with E-state index in [9.17, 15) is 0 Å². The van der Waals surface area contributed by atoms with Gasteiger partial charge in [-0.3, -0.25) is 4.90 Å². The van der Waals surface area contributed by atoms with Crippen molar-refractivity contribution in [3.63, 3.8) is 0 Å². The topological polar surface area (TPSA) is 70.4 Å². The molecule has 2 aliphatic rings. The number of guanidine groups is 1. The molecule has 1 aliphatic heterocycles. The van der Waals surface area contributed by atoms with E-state index < -0.39 is 0 Å². The van der Waals surface area contributed by atoms with Gasteiger partial charge in [0.05, 0.1) is 0 Å². The molecule has 7 nitrogen and oxygen atoms in total. The van der Waals surface area contributed by atoms with Gasteiger partial charge < -0.3 is 15.2 Å². The van der Waals surface area contributed by atoms with Crippen LogP contribution in [0, 0.1) is 18.8 Å². The van der Waals surface area contributed by atoms with Gasteiger partial charge in [-0.15, -0.1) is 34.2 Å². The van der Waals surface area contributed by atoms with Gasteiger partial charge in [0, 0.05) is 25.7 Å². The number of aliphatic imine (C=N–C) groups is 1. The first-order valence-electron chi connectivity index (χ1n) is 11.6. The van der Waals surface area contributed by atoms with Gasteiger partial charge in [-0.2, -0.15) is 0 Å². The van der Waals surface area contributed by atoms with Crippen LogP contribution in [0.25, 0.3) is 0 Å².